The second-order valence-electron chi connectivity index (χ2n) is 2.64. The monoisotopic (exact) mass is 206 g/mol. The van der Waals surface area contributed by atoms with Crippen molar-refractivity contribution in [2.75, 3.05) is 18.4 Å². The summed E-state index contributed by atoms with van der Waals surface area (Å²) in [6.45, 7) is -1.47. The first-order valence-electron chi connectivity index (χ1n) is 3.83. The van der Waals surface area contributed by atoms with Crippen LogP contribution >= 0.6 is 0 Å². The van der Waals surface area contributed by atoms with Crippen LogP contribution in [0.15, 0.2) is 12.4 Å². The van der Waals surface area contributed by atoms with Gasteiger partial charge in [0.2, 0.25) is 5.95 Å². The minimum atomic E-state index is -3.03. The zero-order valence-electron chi connectivity index (χ0n) is 7.17. The summed E-state index contributed by atoms with van der Waals surface area (Å²) < 4.78 is 37.7. The van der Waals surface area contributed by atoms with Gasteiger partial charge in [-0.3, -0.25) is 4.98 Å². The molecule has 0 saturated heterocycles. The summed E-state index contributed by atoms with van der Waals surface area (Å²) in [4.78, 5) is 6.73. The van der Waals surface area contributed by atoms with Crippen molar-refractivity contribution >= 4 is 5.82 Å². The van der Waals surface area contributed by atoms with Gasteiger partial charge in [0.1, 0.15) is 5.82 Å². The topological polar surface area (TPSA) is 63.8 Å². The van der Waals surface area contributed by atoms with Gasteiger partial charge in [-0.05, 0) is 0 Å². The van der Waals surface area contributed by atoms with E-state index in [1.54, 1.807) is 0 Å². The van der Waals surface area contributed by atoms with E-state index in [1.807, 2.05) is 0 Å². The summed E-state index contributed by atoms with van der Waals surface area (Å²) in [5, 5.41) is 2.23. The van der Waals surface area contributed by atoms with Crippen LogP contribution in [0.1, 0.15) is 0 Å². The van der Waals surface area contributed by atoms with Crippen LogP contribution < -0.4 is 11.1 Å². The van der Waals surface area contributed by atoms with Gasteiger partial charge < -0.3 is 11.1 Å². The van der Waals surface area contributed by atoms with Crippen LogP contribution in [0.5, 0.6) is 0 Å². The molecule has 4 nitrogen and oxygen atoms in total. The molecule has 1 aromatic heterocycles. The van der Waals surface area contributed by atoms with Crippen LogP contribution in [0.3, 0.4) is 0 Å². The minimum absolute atomic E-state index is 0.0434. The van der Waals surface area contributed by atoms with Crippen molar-refractivity contribution in [3.63, 3.8) is 0 Å². The number of rotatable bonds is 4. The Kier molecular flexibility index (Phi) is 3.23. The Bertz CT molecular complexity index is 305. The van der Waals surface area contributed by atoms with Gasteiger partial charge in [0, 0.05) is 0 Å². The van der Waals surface area contributed by atoms with E-state index in [9.17, 15) is 13.2 Å². The molecule has 78 valence electrons. The summed E-state index contributed by atoms with van der Waals surface area (Å²) >= 11 is 0. The highest BCUT2D eigenvalue weighted by Gasteiger charge is 2.26. The molecule has 1 aromatic rings. The molecule has 0 bridgehead atoms. The van der Waals surface area contributed by atoms with Crippen molar-refractivity contribution < 1.29 is 13.2 Å². The zero-order valence-corrected chi connectivity index (χ0v) is 7.17. The normalized spacial score (nSPS) is 11.4. The third-order valence-electron chi connectivity index (χ3n) is 1.43. The molecule has 1 heterocycles. The zero-order chi connectivity index (χ0) is 10.6. The number of anilines is 1. The highest BCUT2D eigenvalue weighted by atomic mass is 19.3. The van der Waals surface area contributed by atoms with Gasteiger partial charge in [0.15, 0.2) is 0 Å². The lowest BCUT2D eigenvalue weighted by atomic mass is 10.3. The van der Waals surface area contributed by atoms with Gasteiger partial charge in [-0.1, -0.05) is 0 Å². The first-order chi connectivity index (χ1) is 6.53. The number of hydrogen-bond acceptors (Lipinski definition) is 4. The predicted octanol–water partition coefficient (Wildman–Crippen LogP) is 0.622. The first-order valence-corrected chi connectivity index (χ1v) is 3.83. The number of nitrogens with one attached hydrogen (secondary N) is 1. The Morgan fingerprint density at radius 3 is 2.71 bits per heavy atom. The van der Waals surface area contributed by atoms with E-state index in [4.69, 9.17) is 5.73 Å². The molecule has 0 fully saturated rings. The van der Waals surface area contributed by atoms with Crippen LogP contribution in [0.2, 0.25) is 0 Å². The van der Waals surface area contributed by atoms with Gasteiger partial charge in [0.05, 0.1) is 25.5 Å². The Morgan fingerprint density at radius 2 is 2.14 bits per heavy atom. The van der Waals surface area contributed by atoms with E-state index in [0.717, 1.165) is 12.4 Å². The minimum Gasteiger partial charge on any atom is -0.363 e. The van der Waals surface area contributed by atoms with Crippen molar-refractivity contribution in [1.82, 2.24) is 9.97 Å². The molecule has 0 aromatic carbocycles. The number of hydrogen-bond donors (Lipinski definition) is 2. The number of nitrogens with two attached hydrogens (primary N) is 1. The average Bonchev–Trinajstić information content (AvgIpc) is 2.15. The number of halogens is 3. The number of alkyl halides is 2. The summed E-state index contributed by atoms with van der Waals surface area (Å²) in [6.07, 6.45) is 2.03. The second-order valence-corrected chi connectivity index (χ2v) is 2.64. The van der Waals surface area contributed by atoms with Gasteiger partial charge in [-0.2, -0.15) is 9.37 Å². The van der Waals surface area contributed by atoms with Crippen LogP contribution in [0.25, 0.3) is 0 Å². The molecular formula is C7H9F3N4. The maximum Gasteiger partial charge on any atom is 0.276 e. The molecule has 3 N–H and O–H groups in total. The van der Waals surface area contributed by atoms with Gasteiger partial charge in [-0.15, -0.1) is 0 Å². The van der Waals surface area contributed by atoms with E-state index < -0.39 is 25.0 Å². The van der Waals surface area contributed by atoms with Gasteiger partial charge >= 0.3 is 0 Å². The molecular weight excluding hydrogens is 197 g/mol. The Hall–Kier alpha value is -1.37. The molecule has 0 atom stereocenters. The summed E-state index contributed by atoms with van der Waals surface area (Å²) in [5.41, 5.74) is 4.80. The summed E-state index contributed by atoms with van der Waals surface area (Å²) in [7, 11) is 0. The first kappa shape index (κ1) is 10.7. The average molecular weight is 206 g/mol. The second kappa shape index (κ2) is 4.23. The molecule has 0 spiro atoms. The highest BCUT2D eigenvalue weighted by molar-refractivity contribution is 5.30. The standard InChI is InChI=1S/C7H9F3N4/c8-5-1-12-2-6(14-5)13-4-7(9,10)3-11/h1-2H,3-4,11H2,(H,13,14). The fraction of sp³-hybridized carbons (Fsp3) is 0.429. The summed E-state index contributed by atoms with van der Waals surface area (Å²) in [5.74, 6) is -3.90. The number of aromatic nitrogens is 2. The molecule has 0 saturated carbocycles. The molecule has 1 rings (SSSR count). The Labute approximate surface area is 78.4 Å². The molecule has 0 radical (unpaired) electrons. The fourth-order valence-corrected chi connectivity index (χ4v) is 0.719. The molecule has 0 aliphatic rings. The van der Waals surface area contributed by atoms with Gasteiger partial charge in [-0.25, -0.2) is 8.78 Å². The molecule has 0 aliphatic carbocycles. The lowest BCUT2D eigenvalue weighted by Gasteiger charge is -2.14. The molecule has 0 unspecified atom stereocenters. The van der Waals surface area contributed by atoms with Crippen molar-refractivity contribution in [2.45, 2.75) is 5.92 Å². The maximum atomic E-state index is 12.6. The van der Waals surface area contributed by atoms with Crippen molar-refractivity contribution in [2.24, 2.45) is 5.73 Å². The van der Waals surface area contributed by atoms with E-state index in [0.29, 0.717) is 0 Å². The van der Waals surface area contributed by atoms with E-state index in [1.165, 1.54) is 0 Å². The molecule has 0 aliphatic heterocycles. The van der Waals surface area contributed by atoms with E-state index in [-0.39, 0.29) is 5.82 Å². The van der Waals surface area contributed by atoms with Crippen molar-refractivity contribution in [3.05, 3.63) is 18.3 Å². The van der Waals surface area contributed by atoms with Crippen molar-refractivity contribution in [3.8, 4) is 0 Å². The van der Waals surface area contributed by atoms with Crippen LogP contribution in [-0.4, -0.2) is 29.0 Å². The largest absolute Gasteiger partial charge is 0.363 e. The van der Waals surface area contributed by atoms with Crippen molar-refractivity contribution in [1.29, 1.82) is 0 Å². The third kappa shape index (κ3) is 3.17. The van der Waals surface area contributed by atoms with E-state index in [2.05, 4.69) is 15.3 Å². The van der Waals surface area contributed by atoms with Crippen LogP contribution in [0.4, 0.5) is 19.0 Å². The molecule has 0 amide bonds. The summed E-state index contributed by atoms with van der Waals surface area (Å²) in [6, 6.07) is 0. The predicted molar refractivity (Wildman–Crippen MR) is 44.5 cm³/mol. The SMILES string of the molecule is NCC(F)(F)CNc1cncc(F)n1. The quantitative estimate of drug-likeness (QED) is 0.758. The smallest absolute Gasteiger partial charge is 0.276 e. The fourth-order valence-electron chi connectivity index (χ4n) is 0.719. The Balaban J connectivity index is 2.54. The maximum absolute atomic E-state index is 12.6. The third-order valence-corrected chi connectivity index (χ3v) is 1.43. The molecule has 7 heteroatoms. The Morgan fingerprint density at radius 1 is 1.43 bits per heavy atom. The van der Waals surface area contributed by atoms with Gasteiger partial charge in [0.25, 0.3) is 5.92 Å². The molecule has 14 heavy (non-hydrogen) atoms. The lowest BCUT2D eigenvalue weighted by Crippen LogP contribution is -2.35. The van der Waals surface area contributed by atoms with E-state index >= 15 is 0 Å². The van der Waals surface area contributed by atoms with Crippen LogP contribution in [-0.2, 0) is 0 Å². The lowest BCUT2D eigenvalue weighted by molar-refractivity contribution is 0.0253. The van der Waals surface area contributed by atoms with Crippen LogP contribution in [0, 0.1) is 5.95 Å². The highest BCUT2D eigenvalue weighted by Crippen LogP contribution is 2.11. The number of nitrogens with zero attached hydrogens (tertiary/aromatic N) is 2.